The predicted octanol–water partition coefficient (Wildman–Crippen LogP) is 2.72. The van der Waals surface area contributed by atoms with Crippen LogP contribution < -0.4 is 5.32 Å². The number of thiophene rings is 1. The molecule has 0 aliphatic heterocycles. The van der Waals surface area contributed by atoms with E-state index in [1.165, 1.54) is 0 Å². The highest BCUT2D eigenvalue weighted by Gasteiger charge is 2.67. The number of nitrogens with zero attached hydrogens (tertiary/aromatic N) is 2. The van der Waals surface area contributed by atoms with Gasteiger partial charge in [0, 0.05) is 24.3 Å². The van der Waals surface area contributed by atoms with E-state index in [2.05, 4.69) is 35.4 Å². The molecule has 1 N–H and O–H groups in total. The highest BCUT2D eigenvalue weighted by molar-refractivity contribution is 7.10. The quantitative estimate of drug-likeness (QED) is 0.889. The van der Waals surface area contributed by atoms with Crippen LogP contribution in [0.5, 0.6) is 0 Å². The number of rotatable bonds is 6. The zero-order valence-electron chi connectivity index (χ0n) is 13.2. The third kappa shape index (κ3) is 2.45. The van der Waals surface area contributed by atoms with Gasteiger partial charge in [-0.25, -0.2) is 0 Å². The van der Waals surface area contributed by atoms with Crippen molar-refractivity contribution in [3.8, 4) is 0 Å². The maximum absolute atomic E-state index is 12.7. The average molecular weight is 319 g/mol. The Kier molecular flexibility index (Phi) is 3.80. The molecule has 5 nitrogen and oxygen atoms in total. The Balaban J connectivity index is 1.62. The van der Waals surface area contributed by atoms with E-state index in [0.717, 1.165) is 17.7 Å². The van der Waals surface area contributed by atoms with E-state index in [1.54, 1.807) is 11.3 Å². The highest BCUT2D eigenvalue weighted by atomic mass is 32.1. The van der Waals surface area contributed by atoms with Gasteiger partial charge in [0.25, 0.3) is 0 Å². The molecule has 1 atom stereocenters. The van der Waals surface area contributed by atoms with Gasteiger partial charge in [-0.3, -0.25) is 4.79 Å². The van der Waals surface area contributed by atoms with Crippen molar-refractivity contribution >= 4 is 17.2 Å². The van der Waals surface area contributed by atoms with Crippen LogP contribution in [0.15, 0.2) is 22.0 Å². The minimum Gasteiger partial charge on any atom is -0.355 e. The smallest absolute Gasteiger partial charge is 0.232 e. The number of hydrogen-bond donors (Lipinski definition) is 1. The van der Waals surface area contributed by atoms with Gasteiger partial charge in [0.1, 0.15) is 0 Å². The SMILES string of the molecule is CCc1noc(CCNC(=O)C2(c3cccs3)CC2(C)C)n1. The lowest BCUT2D eigenvalue weighted by Gasteiger charge is -2.18. The molecule has 3 rings (SSSR count). The first-order valence-corrected chi connectivity index (χ1v) is 8.51. The molecular formula is C16H21N3O2S. The largest absolute Gasteiger partial charge is 0.355 e. The van der Waals surface area contributed by atoms with E-state index in [9.17, 15) is 4.79 Å². The van der Waals surface area contributed by atoms with Crippen molar-refractivity contribution < 1.29 is 9.32 Å². The molecule has 2 heterocycles. The maximum atomic E-state index is 12.7. The number of aromatic nitrogens is 2. The van der Waals surface area contributed by atoms with Gasteiger partial charge in [0.15, 0.2) is 5.82 Å². The lowest BCUT2D eigenvalue weighted by molar-refractivity contribution is -0.124. The fourth-order valence-electron chi connectivity index (χ4n) is 3.03. The zero-order valence-corrected chi connectivity index (χ0v) is 14.0. The number of aryl methyl sites for hydroxylation is 1. The summed E-state index contributed by atoms with van der Waals surface area (Å²) in [5, 5.41) is 8.94. The molecule has 2 aromatic heterocycles. The Labute approximate surface area is 134 Å². The van der Waals surface area contributed by atoms with Gasteiger partial charge in [-0.15, -0.1) is 11.3 Å². The maximum Gasteiger partial charge on any atom is 0.232 e. The third-order valence-electron chi connectivity index (χ3n) is 4.52. The molecule has 2 aromatic rings. The number of carbonyl (C=O) groups is 1. The lowest BCUT2D eigenvalue weighted by atomic mass is 9.93. The Morgan fingerprint density at radius 2 is 2.27 bits per heavy atom. The number of hydrogen-bond acceptors (Lipinski definition) is 5. The second-order valence-corrected chi connectivity index (χ2v) is 7.35. The van der Waals surface area contributed by atoms with Gasteiger partial charge in [-0.1, -0.05) is 32.0 Å². The van der Waals surface area contributed by atoms with Crippen molar-refractivity contribution in [3.63, 3.8) is 0 Å². The van der Waals surface area contributed by atoms with Crippen LogP contribution in [-0.4, -0.2) is 22.6 Å². The predicted molar refractivity (Wildman–Crippen MR) is 84.8 cm³/mol. The third-order valence-corrected chi connectivity index (χ3v) is 5.55. The van der Waals surface area contributed by atoms with Crippen LogP contribution in [0.2, 0.25) is 0 Å². The topological polar surface area (TPSA) is 68.0 Å². The molecule has 0 spiro atoms. The Bertz CT molecular complexity index is 663. The van der Waals surface area contributed by atoms with Crippen LogP contribution in [0.1, 0.15) is 43.8 Å². The van der Waals surface area contributed by atoms with Crippen LogP contribution in [0.25, 0.3) is 0 Å². The van der Waals surface area contributed by atoms with Gasteiger partial charge < -0.3 is 9.84 Å². The fraction of sp³-hybridized carbons (Fsp3) is 0.562. The van der Waals surface area contributed by atoms with Crippen molar-refractivity contribution in [1.82, 2.24) is 15.5 Å². The number of amides is 1. The summed E-state index contributed by atoms with van der Waals surface area (Å²) in [6.07, 6.45) is 2.22. The summed E-state index contributed by atoms with van der Waals surface area (Å²) < 4.78 is 5.14. The van der Waals surface area contributed by atoms with Crippen LogP contribution >= 0.6 is 11.3 Å². The summed E-state index contributed by atoms with van der Waals surface area (Å²) >= 11 is 1.66. The molecule has 1 fully saturated rings. The van der Waals surface area contributed by atoms with E-state index in [1.807, 2.05) is 18.4 Å². The lowest BCUT2D eigenvalue weighted by Crippen LogP contribution is -2.38. The van der Waals surface area contributed by atoms with Crippen molar-refractivity contribution in [2.45, 2.75) is 45.4 Å². The van der Waals surface area contributed by atoms with E-state index in [-0.39, 0.29) is 16.7 Å². The zero-order chi connectivity index (χ0) is 15.8. The first-order valence-electron chi connectivity index (χ1n) is 7.63. The molecule has 1 unspecified atom stereocenters. The summed E-state index contributed by atoms with van der Waals surface area (Å²) in [6, 6.07) is 4.07. The van der Waals surface area contributed by atoms with E-state index >= 15 is 0 Å². The normalized spacial score (nSPS) is 22.5. The molecule has 0 aromatic carbocycles. The average Bonchev–Trinajstić information content (AvgIpc) is 2.95. The van der Waals surface area contributed by atoms with Crippen LogP contribution in [-0.2, 0) is 23.1 Å². The van der Waals surface area contributed by atoms with Crippen molar-refractivity contribution in [1.29, 1.82) is 0 Å². The second-order valence-electron chi connectivity index (χ2n) is 6.41. The standard InChI is InChI=1S/C16H21N3O2S/c1-4-12-18-13(21-19-12)7-8-17-14(20)16(10-15(16,2)3)11-6-5-9-22-11/h5-6,9H,4,7-8,10H2,1-3H3,(H,17,20). The van der Waals surface area contributed by atoms with E-state index in [4.69, 9.17) is 4.52 Å². The van der Waals surface area contributed by atoms with Crippen LogP contribution in [0.4, 0.5) is 0 Å². The molecule has 22 heavy (non-hydrogen) atoms. The highest BCUT2D eigenvalue weighted by Crippen LogP contribution is 2.65. The summed E-state index contributed by atoms with van der Waals surface area (Å²) in [7, 11) is 0. The molecular weight excluding hydrogens is 298 g/mol. The summed E-state index contributed by atoms with van der Waals surface area (Å²) in [6.45, 7) is 6.80. The van der Waals surface area contributed by atoms with Crippen molar-refractivity contribution in [2.24, 2.45) is 5.41 Å². The Hall–Kier alpha value is -1.69. The molecule has 1 aliphatic carbocycles. The van der Waals surface area contributed by atoms with Gasteiger partial charge in [-0.05, 0) is 23.3 Å². The first-order chi connectivity index (χ1) is 10.5. The molecule has 0 saturated heterocycles. The first kappa shape index (κ1) is 15.2. The van der Waals surface area contributed by atoms with Crippen LogP contribution in [0, 0.1) is 5.41 Å². The molecule has 0 bridgehead atoms. The number of nitrogens with one attached hydrogen (secondary N) is 1. The van der Waals surface area contributed by atoms with Gasteiger partial charge in [0.05, 0.1) is 5.41 Å². The van der Waals surface area contributed by atoms with Gasteiger partial charge in [0.2, 0.25) is 11.8 Å². The Morgan fingerprint density at radius 1 is 1.50 bits per heavy atom. The number of carbonyl (C=O) groups excluding carboxylic acids is 1. The summed E-state index contributed by atoms with van der Waals surface area (Å²) in [5.41, 5.74) is -0.355. The molecule has 1 aliphatic rings. The second kappa shape index (κ2) is 5.50. The minimum atomic E-state index is -0.370. The Morgan fingerprint density at radius 3 is 2.82 bits per heavy atom. The minimum absolute atomic E-state index is 0.0157. The van der Waals surface area contributed by atoms with Gasteiger partial charge >= 0.3 is 0 Å². The van der Waals surface area contributed by atoms with Gasteiger partial charge in [-0.2, -0.15) is 4.98 Å². The van der Waals surface area contributed by atoms with Crippen molar-refractivity contribution in [3.05, 3.63) is 34.1 Å². The summed E-state index contributed by atoms with van der Waals surface area (Å²) in [5.74, 6) is 1.40. The van der Waals surface area contributed by atoms with Crippen LogP contribution in [0.3, 0.4) is 0 Å². The van der Waals surface area contributed by atoms with E-state index < -0.39 is 0 Å². The molecule has 1 amide bonds. The molecule has 118 valence electrons. The molecule has 0 radical (unpaired) electrons. The molecule has 1 saturated carbocycles. The molecule has 6 heteroatoms. The van der Waals surface area contributed by atoms with Crippen molar-refractivity contribution in [2.75, 3.05) is 6.54 Å². The van der Waals surface area contributed by atoms with E-state index in [0.29, 0.717) is 24.7 Å². The monoisotopic (exact) mass is 319 g/mol. The fourth-order valence-corrected chi connectivity index (χ4v) is 4.13. The summed E-state index contributed by atoms with van der Waals surface area (Å²) in [4.78, 5) is 18.1.